The van der Waals surface area contributed by atoms with E-state index in [4.69, 9.17) is 5.73 Å². The van der Waals surface area contributed by atoms with Gasteiger partial charge in [0.15, 0.2) is 0 Å². The molecule has 154 valence electrons. The lowest BCUT2D eigenvalue weighted by molar-refractivity contribution is 0.0781. The molecule has 2 heterocycles. The van der Waals surface area contributed by atoms with Crippen LogP contribution in [0.1, 0.15) is 27.5 Å². The van der Waals surface area contributed by atoms with Gasteiger partial charge in [0.25, 0.3) is 5.91 Å². The molecule has 0 spiro atoms. The zero-order chi connectivity index (χ0) is 18.8. The molecule has 2 aromatic carbocycles. The van der Waals surface area contributed by atoms with Crippen molar-refractivity contribution in [1.29, 1.82) is 0 Å². The second-order valence-corrected chi connectivity index (χ2v) is 7.99. The average Bonchev–Trinajstić information content (AvgIpc) is 3.36. The second kappa shape index (κ2) is 10.2. The Hall–Kier alpha value is -1.92. The molecule has 0 bridgehead atoms. The highest BCUT2D eigenvalue weighted by atomic mass is 35.5. The molecule has 7 heteroatoms. The quantitative estimate of drug-likeness (QED) is 0.623. The van der Waals surface area contributed by atoms with Gasteiger partial charge in [0.2, 0.25) is 0 Å². The van der Waals surface area contributed by atoms with Crippen LogP contribution in [-0.2, 0) is 0 Å². The van der Waals surface area contributed by atoms with Crippen molar-refractivity contribution in [2.24, 2.45) is 11.7 Å². The molecule has 0 aliphatic carbocycles. The number of hydrogen-bond donors (Lipinski definition) is 1. The Bertz CT molecular complexity index is 931. The highest BCUT2D eigenvalue weighted by Gasteiger charge is 2.36. The summed E-state index contributed by atoms with van der Waals surface area (Å²) in [4.78, 5) is 19.5. The van der Waals surface area contributed by atoms with E-state index in [1.54, 1.807) is 0 Å². The predicted octanol–water partition coefficient (Wildman–Crippen LogP) is 4.78. The van der Waals surface area contributed by atoms with E-state index in [9.17, 15) is 4.79 Å². The third-order valence-corrected chi connectivity index (χ3v) is 6.17. The minimum atomic E-state index is 0. The summed E-state index contributed by atoms with van der Waals surface area (Å²) in [6, 6.07) is 18.6. The number of halogens is 2. The van der Waals surface area contributed by atoms with Crippen molar-refractivity contribution >= 4 is 42.1 Å². The fraction of sp³-hybridized carbons (Fsp3) is 0.273. The zero-order valence-electron chi connectivity index (χ0n) is 16.2. The van der Waals surface area contributed by atoms with Crippen LogP contribution in [0.15, 0.2) is 60.0 Å². The van der Waals surface area contributed by atoms with Crippen molar-refractivity contribution in [2.45, 2.75) is 12.8 Å². The van der Waals surface area contributed by atoms with E-state index in [2.05, 4.69) is 36.2 Å². The van der Waals surface area contributed by atoms with E-state index < -0.39 is 0 Å². The number of hydrogen-bond acceptors (Lipinski definition) is 4. The highest BCUT2D eigenvalue weighted by Crippen LogP contribution is 2.33. The van der Waals surface area contributed by atoms with Crippen LogP contribution in [0.5, 0.6) is 0 Å². The molecule has 3 aromatic rings. The fourth-order valence-corrected chi connectivity index (χ4v) is 4.52. The number of nitrogens with zero attached hydrogens (tertiary/aromatic N) is 2. The molecule has 1 aromatic heterocycles. The van der Waals surface area contributed by atoms with Crippen LogP contribution in [0.25, 0.3) is 10.6 Å². The SMILES string of the molecule is Cc1ccc(-c2nc(C(=O)N3C[C@@H](CN)[C@H](c4ccccc4)C3)cs2)cc1.Cl.Cl. The van der Waals surface area contributed by atoms with Crippen LogP contribution in [-0.4, -0.2) is 35.4 Å². The number of likely N-dealkylation sites (tertiary alicyclic amines) is 1. The summed E-state index contributed by atoms with van der Waals surface area (Å²) >= 11 is 1.52. The Morgan fingerprint density at radius 2 is 1.79 bits per heavy atom. The van der Waals surface area contributed by atoms with Gasteiger partial charge in [0, 0.05) is 30.0 Å². The zero-order valence-corrected chi connectivity index (χ0v) is 18.6. The summed E-state index contributed by atoms with van der Waals surface area (Å²) < 4.78 is 0. The third-order valence-electron chi connectivity index (χ3n) is 5.28. The van der Waals surface area contributed by atoms with Crippen LogP contribution >= 0.6 is 36.2 Å². The molecule has 29 heavy (non-hydrogen) atoms. The Balaban J connectivity index is 0.00000150. The lowest BCUT2D eigenvalue weighted by atomic mass is 9.89. The summed E-state index contributed by atoms with van der Waals surface area (Å²) in [6.07, 6.45) is 0. The molecule has 1 aliphatic rings. The van der Waals surface area contributed by atoms with Gasteiger partial charge in [-0.15, -0.1) is 36.2 Å². The molecule has 4 nitrogen and oxygen atoms in total. The Kier molecular flexibility index (Phi) is 8.23. The third kappa shape index (κ3) is 4.98. The average molecular weight is 450 g/mol. The van der Waals surface area contributed by atoms with Gasteiger partial charge in [0.1, 0.15) is 10.7 Å². The highest BCUT2D eigenvalue weighted by molar-refractivity contribution is 7.13. The number of carbonyl (C=O) groups excluding carboxylic acids is 1. The van der Waals surface area contributed by atoms with E-state index in [1.807, 2.05) is 40.6 Å². The normalized spacial score (nSPS) is 18.1. The summed E-state index contributed by atoms with van der Waals surface area (Å²) in [5.41, 5.74) is 10.0. The Labute approximate surface area is 188 Å². The first kappa shape index (κ1) is 23.4. The minimum absolute atomic E-state index is 0. The molecule has 1 aliphatic heterocycles. The van der Waals surface area contributed by atoms with E-state index >= 15 is 0 Å². The Morgan fingerprint density at radius 1 is 1.10 bits per heavy atom. The molecule has 0 unspecified atom stereocenters. The summed E-state index contributed by atoms with van der Waals surface area (Å²) in [5, 5.41) is 2.75. The summed E-state index contributed by atoms with van der Waals surface area (Å²) in [6.45, 7) is 4.02. The number of rotatable bonds is 4. The maximum atomic E-state index is 13.0. The van der Waals surface area contributed by atoms with Crippen molar-refractivity contribution in [2.75, 3.05) is 19.6 Å². The fourth-order valence-electron chi connectivity index (χ4n) is 3.72. The van der Waals surface area contributed by atoms with E-state index in [0.717, 1.165) is 10.6 Å². The molecule has 1 saturated heterocycles. The summed E-state index contributed by atoms with van der Waals surface area (Å²) in [7, 11) is 0. The summed E-state index contributed by atoms with van der Waals surface area (Å²) in [5.74, 6) is 0.573. The topological polar surface area (TPSA) is 59.2 Å². The van der Waals surface area contributed by atoms with Crippen molar-refractivity contribution in [3.8, 4) is 10.6 Å². The molecule has 4 rings (SSSR count). The van der Waals surface area contributed by atoms with E-state index in [-0.39, 0.29) is 42.6 Å². The van der Waals surface area contributed by atoms with Crippen molar-refractivity contribution in [3.05, 3.63) is 76.8 Å². The van der Waals surface area contributed by atoms with Gasteiger partial charge in [0.05, 0.1) is 0 Å². The smallest absolute Gasteiger partial charge is 0.273 e. The number of aryl methyl sites for hydroxylation is 1. The number of nitrogens with two attached hydrogens (primary N) is 1. The van der Waals surface area contributed by atoms with E-state index in [0.29, 0.717) is 25.3 Å². The number of carbonyl (C=O) groups is 1. The molecule has 1 amide bonds. The van der Waals surface area contributed by atoms with Crippen LogP contribution in [0, 0.1) is 12.8 Å². The van der Waals surface area contributed by atoms with Gasteiger partial charge in [-0.1, -0.05) is 60.2 Å². The first-order chi connectivity index (χ1) is 13.2. The molecule has 0 saturated carbocycles. The van der Waals surface area contributed by atoms with Crippen LogP contribution in [0.4, 0.5) is 0 Å². The van der Waals surface area contributed by atoms with Crippen LogP contribution in [0.3, 0.4) is 0 Å². The number of aromatic nitrogens is 1. The molecule has 2 atom stereocenters. The van der Waals surface area contributed by atoms with Crippen molar-refractivity contribution in [3.63, 3.8) is 0 Å². The van der Waals surface area contributed by atoms with Gasteiger partial charge in [-0.3, -0.25) is 4.79 Å². The maximum Gasteiger partial charge on any atom is 0.273 e. The molecule has 0 radical (unpaired) electrons. The van der Waals surface area contributed by atoms with Gasteiger partial charge in [-0.2, -0.15) is 0 Å². The standard InChI is InChI=1S/C22H23N3OS.2ClH/c1-15-7-9-17(10-8-15)21-24-20(14-27-21)22(26)25-12-18(11-23)19(13-25)16-5-3-2-4-6-16;;/h2-10,14,18-19H,11-13,23H2,1H3;2*1H/t18-,19+;;/m1../s1. The number of amides is 1. The van der Waals surface area contributed by atoms with Gasteiger partial charge < -0.3 is 10.6 Å². The van der Waals surface area contributed by atoms with Crippen molar-refractivity contribution < 1.29 is 4.79 Å². The van der Waals surface area contributed by atoms with Crippen molar-refractivity contribution in [1.82, 2.24) is 9.88 Å². The second-order valence-electron chi connectivity index (χ2n) is 7.13. The van der Waals surface area contributed by atoms with E-state index in [1.165, 1.54) is 22.5 Å². The molecule has 2 N–H and O–H groups in total. The minimum Gasteiger partial charge on any atom is -0.336 e. The molecular weight excluding hydrogens is 425 g/mol. The van der Waals surface area contributed by atoms with Gasteiger partial charge in [-0.05, 0) is 24.9 Å². The van der Waals surface area contributed by atoms with Gasteiger partial charge >= 0.3 is 0 Å². The lowest BCUT2D eigenvalue weighted by Gasteiger charge is -2.16. The predicted molar refractivity (Wildman–Crippen MR) is 124 cm³/mol. The molecular formula is C22H25Cl2N3OS. The first-order valence-electron chi connectivity index (χ1n) is 9.22. The monoisotopic (exact) mass is 449 g/mol. The Morgan fingerprint density at radius 3 is 2.45 bits per heavy atom. The van der Waals surface area contributed by atoms with Crippen LogP contribution in [0.2, 0.25) is 0 Å². The first-order valence-corrected chi connectivity index (χ1v) is 10.1. The maximum absolute atomic E-state index is 13.0. The lowest BCUT2D eigenvalue weighted by Crippen LogP contribution is -2.30. The largest absolute Gasteiger partial charge is 0.336 e. The number of benzene rings is 2. The van der Waals surface area contributed by atoms with Crippen LogP contribution < -0.4 is 5.73 Å². The van der Waals surface area contributed by atoms with Gasteiger partial charge in [-0.25, -0.2) is 4.98 Å². The number of thiazole rings is 1. The molecule has 1 fully saturated rings.